The topological polar surface area (TPSA) is 84.9 Å². The van der Waals surface area contributed by atoms with E-state index in [-0.39, 0.29) is 23.8 Å². The van der Waals surface area contributed by atoms with Crippen LogP contribution in [0.4, 0.5) is 4.39 Å². The van der Waals surface area contributed by atoms with Crippen LogP contribution in [-0.2, 0) is 15.6 Å². The molecule has 1 aliphatic rings. The number of halogens is 1. The first-order valence-corrected chi connectivity index (χ1v) is 9.06. The molecule has 1 atom stereocenters. The molecule has 3 rings (SSSR count). The van der Waals surface area contributed by atoms with E-state index in [9.17, 15) is 17.9 Å². The molecule has 2 aromatic rings. The second-order valence-corrected chi connectivity index (χ2v) is 7.81. The maximum atomic E-state index is 13.2. The number of rotatable bonds is 5. The molecule has 0 spiro atoms. The van der Waals surface area contributed by atoms with Gasteiger partial charge in [-0.15, -0.1) is 0 Å². The van der Waals surface area contributed by atoms with Crippen LogP contribution in [0.3, 0.4) is 0 Å². The number of hydrogen-bond donors (Lipinski definition) is 2. The summed E-state index contributed by atoms with van der Waals surface area (Å²) in [6, 6.07) is 8.33. The van der Waals surface area contributed by atoms with Crippen LogP contribution in [0, 0.1) is 12.7 Å². The van der Waals surface area contributed by atoms with E-state index >= 15 is 0 Å². The Labute approximate surface area is 145 Å². The predicted molar refractivity (Wildman–Crippen MR) is 88.5 cm³/mol. The molecule has 6 nitrogen and oxygen atoms in total. The predicted octanol–water partition coefficient (Wildman–Crippen LogP) is 2.05. The third-order valence-corrected chi connectivity index (χ3v) is 5.59. The van der Waals surface area contributed by atoms with Crippen molar-refractivity contribution in [2.24, 2.45) is 0 Å². The number of fused-ring (bicyclic) bond motifs is 1. The number of nitrogens with one attached hydrogen (secondary N) is 1. The Morgan fingerprint density at radius 1 is 1.20 bits per heavy atom. The van der Waals surface area contributed by atoms with Gasteiger partial charge < -0.3 is 14.6 Å². The zero-order chi connectivity index (χ0) is 18.2. The van der Waals surface area contributed by atoms with Gasteiger partial charge in [-0.3, -0.25) is 0 Å². The summed E-state index contributed by atoms with van der Waals surface area (Å²) in [5.74, 6) is 0.556. The molecule has 0 unspecified atom stereocenters. The lowest BCUT2D eigenvalue weighted by Crippen LogP contribution is -2.38. The van der Waals surface area contributed by atoms with Crippen LogP contribution in [0.5, 0.6) is 11.5 Å². The van der Waals surface area contributed by atoms with Crippen molar-refractivity contribution in [3.63, 3.8) is 0 Å². The van der Waals surface area contributed by atoms with E-state index < -0.39 is 21.4 Å². The number of ether oxygens (including phenoxy) is 2. The molecule has 0 aliphatic carbocycles. The summed E-state index contributed by atoms with van der Waals surface area (Å²) in [6.07, 6.45) is 0. The van der Waals surface area contributed by atoms with Crippen LogP contribution < -0.4 is 14.2 Å². The summed E-state index contributed by atoms with van der Waals surface area (Å²) in [5, 5.41) is 10.7. The van der Waals surface area contributed by atoms with Gasteiger partial charge in [0.1, 0.15) is 11.4 Å². The maximum Gasteiger partial charge on any atom is 0.240 e. The Balaban J connectivity index is 1.79. The highest BCUT2D eigenvalue weighted by molar-refractivity contribution is 7.89. The Morgan fingerprint density at radius 3 is 2.64 bits per heavy atom. The number of hydrogen-bond acceptors (Lipinski definition) is 5. The molecule has 0 amide bonds. The second-order valence-electron chi connectivity index (χ2n) is 6.08. The minimum atomic E-state index is -3.89. The van der Waals surface area contributed by atoms with Crippen LogP contribution in [0.1, 0.15) is 18.1 Å². The molecule has 0 aromatic heterocycles. The average Bonchev–Trinajstić information content (AvgIpc) is 3.00. The molecule has 0 bridgehead atoms. The molecule has 0 saturated carbocycles. The number of aryl methyl sites for hydroxylation is 1. The van der Waals surface area contributed by atoms with E-state index in [1.165, 1.54) is 19.9 Å². The molecule has 25 heavy (non-hydrogen) atoms. The van der Waals surface area contributed by atoms with Gasteiger partial charge in [0.25, 0.3) is 0 Å². The van der Waals surface area contributed by atoms with Crippen molar-refractivity contribution >= 4 is 10.0 Å². The summed E-state index contributed by atoms with van der Waals surface area (Å²) < 4.78 is 50.9. The third kappa shape index (κ3) is 3.60. The highest BCUT2D eigenvalue weighted by atomic mass is 32.2. The zero-order valence-corrected chi connectivity index (χ0v) is 14.6. The summed E-state index contributed by atoms with van der Waals surface area (Å²) in [5.41, 5.74) is -0.701. The Hall–Kier alpha value is -2.16. The average molecular weight is 367 g/mol. The highest BCUT2D eigenvalue weighted by Gasteiger charge is 2.29. The lowest BCUT2D eigenvalue weighted by Gasteiger charge is -2.24. The Bertz CT molecular complexity index is 911. The minimum absolute atomic E-state index is 0.0320. The fraction of sp³-hybridized carbons (Fsp3) is 0.294. The molecular weight excluding hydrogens is 349 g/mol. The molecule has 1 aliphatic heterocycles. The molecule has 1 heterocycles. The molecule has 0 radical (unpaired) electrons. The molecule has 8 heteroatoms. The van der Waals surface area contributed by atoms with Gasteiger partial charge in [-0.1, -0.05) is 6.07 Å². The van der Waals surface area contributed by atoms with Gasteiger partial charge in [0.2, 0.25) is 16.8 Å². The van der Waals surface area contributed by atoms with Crippen LogP contribution in [0.25, 0.3) is 0 Å². The standard InChI is InChI=1S/C17H18FNO5S/c1-11-7-13(18)4-6-16(11)25(21,22)19-9-17(2,20)12-3-5-14-15(8-12)24-10-23-14/h3-8,19-20H,9-10H2,1-2H3/t17-/m0/s1. The first kappa shape index (κ1) is 17.7. The monoisotopic (exact) mass is 367 g/mol. The maximum absolute atomic E-state index is 13.2. The van der Waals surface area contributed by atoms with Crippen molar-refractivity contribution in [3.8, 4) is 11.5 Å². The van der Waals surface area contributed by atoms with Gasteiger partial charge >= 0.3 is 0 Å². The highest BCUT2D eigenvalue weighted by Crippen LogP contribution is 2.35. The van der Waals surface area contributed by atoms with Crippen molar-refractivity contribution < 1.29 is 27.4 Å². The lowest BCUT2D eigenvalue weighted by atomic mass is 9.96. The smallest absolute Gasteiger partial charge is 0.240 e. The van der Waals surface area contributed by atoms with E-state index in [1.807, 2.05) is 0 Å². The van der Waals surface area contributed by atoms with E-state index in [0.717, 1.165) is 12.1 Å². The van der Waals surface area contributed by atoms with Gasteiger partial charge in [-0.25, -0.2) is 17.5 Å². The molecule has 134 valence electrons. The van der Waals surface area contributed by atoms with Gasteiger partial charge in [0, 0.05) is 6.54 Å². The molecule has 2 N–H and O–H groups in total. The van der Waals surface area contributed by atoms with Gasteiger partial charge in [-0.2, -0.15) is 0 Å². The number of benzene rings is 2. The van der Waals surface area contributed by atoms with Crippen molar-refractivity contribution in [3.05, 3.63) is 53.3 Å². The number of sulfonamides is 1. The molecular formula is C17H18FNO5S. The van der Waals surface area contributed by atoms with Crippen LogP contribution in [-0.4, -0.2) is 26.9 Å². The van der Waals surface area contributed by atoms with Crippen LogP contribution >= 0.6 is 0 Å². The van der Waals surface area contributed by atoms with E-state index in [2.05, 4.69) is 4.72 Å². The van der Waals surface area contributed by atoms with Crippen LogP contribution in [0.2, 0.25) is 0 Å². The fourth-order valence-corrected chi connectivity index (χ4v) is 3.92. The van der Waals surface area contributed by atoms with Crippen molar-refractivity contribution in [1.82, 2.24) is 4.72 Å². The van der Waals surface area contributed by atoms with E-state index in [1.54, 1.807) is 18.2 Å². The SMILES string of the molecule is Cc1cc(F)ccc1S(=O)(=O)NC[C@](C)(O)c1ccc2c(c1)OCO2. The summed E-state index contributed by atoms with van der Waals surface area (Å²) >= 11 is 0. The molecule has 2 aromatic carbocycles. The Morgan fingerprint density at radius 2 is 1.92 bits per heavy atom. The van der Waals surface area contributed by atoms with Crippen molar-refractivity contribution in [2.75, 3.05) is 13.3 Å². The van der Waals surface area contributed by atoms with Crippen molar-refractivity contribution in [1.29, 1.82) is 0 Å². The van der Waals surface area contributed by atoms with Crippen LogP contribution in [0.15, 0.2) is 41.3 Å². The lowest BCUT2D eigenvalue weighted by molar-refractivity contribution is 0.0625. The fourth-order valence-electron chi connectivity index (χ4n) is 2.56. The summed E-state index contributed by atoms with van der Waals surface area (Å²) in [6.45, 7) is 2.85. The van der Waals surface area contributed by atoms with E-state index in [0.29, 0.717) is 17.1 Å². The van der Waals surface area contributed by atoms with Gasteiger partial charge in [0.05, 0.1) is 4.90 Å². The summed E-state index contributed by atoms with van der Waals surface area (Å²) in [7, 11) is -3.89. The van der Waals surface area contributed by atoms with Crippen molar-refractivity contribution in [2.45, 2.75) is 24.3 Å². The second kappa shape index (κ2) is 6.29. The van der Waals surface area contributed by atoms with E-state index in [4.69, 9.17) is 9.47 Å². The normalized spacial score (nSPS) is 15.8. The van der Waals surface area contributed by atoms with Gasteiger partial charge in [0.15, 0.2) is 11.5 Å². The molecule has 0 fully saturated rings. The minimum Gasteiger partial charge on any atom is -0.454 e. The third-order valence-electron chi connectivity index (χ3n) is 4.03. The number of aliphatic hydroxyl groups is 1. The largest absolute Gasteiger partial charge is 0.454 e. The van der Waals surface area contributed by atoms with Gasteiger partial charge in [-0.05, 0) is 55.3 Å². The quantitative estimate of drug-likeness (QED) is 0.845. The Kier molecular flexibility index (Phi) is 4.44. The first-order valence-electron chi connectivity index (χ1n) is 7.57. The zero-order valence-electron chi connectivity index (χ0n) is 13.7. The molecule has 0 saturated heterocycles. The summed E-state index contributed by atoms with van der Waals surface area (Å²) in [4.78, 5) is -0.0320. The first-order chi connectivity index (χ1) is 11.7.